The van der Waals surface area contributed by atoms with Crippen LogP contribution in [-0.2, 0) is 48.0 Å². The molecule has 8 N–H and O–H groups in total. The summed E-state index contributed by atoms with van der Waals surface area (Å²) in [5, 5.41) is 34.2. The monoisotopic (exact) mass is 872 g/mol. The number of rotatable bonds is 21. The molecule has 0 fully saturated rings. The number of carboxylic acids is 1. The lowest BCUT2D eigenvalue weighted by Crippen LogP contribution is -2.60. The van der Waals surface area contributed by atoms with Crippen molar-refractivity contribution in [2.45, 2.75) is 97.4 Å². The Kier molecular flexibility index (Phi) is 16.8. The van der Waals surface area contributed by atoms with Crippen molar-refractivity contribution >= 4 is 46.4 Å². The Balaban J connectivity index is 1.37. The van der Waals surface area contributed by atoms with Crippen molar-refractivity contribution in [2.75, 3.05) is 0 Å². The highest BCUT2D eigenvalue weighted by Crippen LogP contribution is 2.22. The minimum Gasteiger partial charge on any atom is -0.508 e. The van der Waals surface area contributed by atoms with Crippen LogP contribution in [0.1, 0.15) is 64.7 Å². The molecule has 5 rings (SSSR count). The van der Waals surface area contributed by atoms with Gasteiger partial charge in [-0.3, -0.25) is 28.8 Å². The predicted octanol–water partition coefficient (Wildman–Crippen LogP) is 5.44. The maximum atomic E-state index is 14.4. The summed E-state index contributed by atoms with van der Waals surface area (Å²) in [6.07, 6.45) is 1.29. The van der Waals surface area contributed by atoms with Crippen molar-refractivity contribution in [3.05, 3.63) is 126 Å². The highest BCUT2D eigenvalue weighted by Gasteiger charge is 2.34. The zero-order valence-corrected chi connectivity index (χ0v) is 37.2. The molecule has 1 heterocycles. The SMILES string of the molecule is CC(C)[C@H](NC(=O)[C@H](Cc1c[nH]c2ccccc12)NC(=O)[C@H](CC(=O)O)NC(=O)[C@@H](C)Cc1ccc(O)cc1)C(=O)N[C@@H](Cc1ccc(-c2ccccc2)cc1)C(=O)N[C@H](C)C(C)C. The lowest BCUT2D eigenvalue weighted by atomic mass is 9.97. The van der Waals surface area contributed by atoms with Gasteiger partial charge in [0, 0.05) is 41.9 Å². The molecule has 0 aliphatic rings. The van der Waals surface area contributed by atoms with Gasteiger partial charge >= 0.3 is 5.97 Å². The largest absolute Gasteiger partial charge is 0.508 e. The second-order valence-corrected chi connectivity index (χ2v) is 17.2. The van der Waals surface area contributed by atoms with Gasteiger partial charge in [0.15, 0.2) is 0 Å². The van der Waals surface area contributed by atoms with Gasteiger partial charge in [0.1, 0.15) is 29.9 Å². The summed E-state index contributed by atoms with van der Waals surface area (Å²) in [7, 11) is 0. The van der Waals surface area contributed by atoms with Crippen LogP contribution < -0.4 is 26.6 Å². The fraction of sp³-hybridized carbons (Fsp3) is 0.360. The lowest BCUT2D eigenvalue weighted by molar-refractivity contribution is -0.141. The van der Waals surface area contributed by atoms with Crippen molar-refractivity contribution in [1.29, 1.82) is 0 Å². The smallest absolute Gasteiger partial charge is 0.305 e. The maximum absolute atomic E-state index is 14.4. The Morgan fingerprint density at radius 2 is 1.06 bits per heavy atom. The summed E-state index contributed by atoms with van der Waals surface area (Å²) >= 11 is 0. The Morgan fingerprint density at radius 3 is 1.70 bits per heavy atom. The quantitative estimate of drug-likeness (QED) is 0.0474. The highest BCUT2D eigenvalue weighted by molar-refractivity contribution is 5.97. The molecule has 0 bridgehead atoms. The molecule has 0 aliphatic carbocycles. The van der Waals surface area contributed by atoms with Gasteiger partial charge < -0.3 is 41.8 Å². The summed E-state index contributed by atoms with van der Waals surface area (Å²) in [4.78, 5) is 85.0. The summed E-state index contributed by atoms with van der Waals surface area (Å²) in [6, 6.07) is 26.0. The van der Waals surface area contributed by atoms with Crippen molar-refractivity contribution in [3.63, 3.8) is 0 Å². The van der Waals surface area contributed by atoms with Crippen LogP contribution in [0.4, 0.5) is 0 Å². The van der Waals surface area contributed by atoms with Crippen LogP contribution >= 0.6 is 0 Å². The summed E-state index contributed by atoms with van der Waals surface area (Å²) in [6.45, 7) is 11.0. The molecule has 0 saturated heterocycles. The molecular weight excluding hydrogens is 813 g/mol. The molecule has 0 spiro atoms. The number of aromatic nitrogens is 1. The van der Waals surface area contributed by atoms with Crippen molar-refractivity contribution in [3.8, 4) is 16.9 Å². The van der Waals surface area contributed by atoms with Gasteiger partial charge in [-0.05, 0) is 71.2 Å². The maximum Gasteiger partial charge on any atom is 0.305 e. The van der Waals surface area contributed by atoms with E-state index in [2.05, 4.69) is 31.6 Å². The number of phenols is 1. The van der Waals surface area contributed by atoms with Crippen LogP contribution in [0.15, 0.2) is 109 Å². The molecular formula is C50H60N6O8. The number of aliphatic carboxylic acids is 1. The van der Waals surface area contributed by atoms with Crippen LogP contribution in [0, 0.1) is 17.8 Å². The van der Waals surface area contributed by atoms with E-state index in [0.717, 1.165) is 33.2 Å². The third kappa shape index (κ3) is 13.5. The predicted molar refractivity (Wildman–Crippen MR) is 246 cm³/mol. The van der Waals surface area contributed by atoms with E-state index in [1.165, 1.54) is 12.1 Å². The standard InChI is InChI=1S/C50H60N6O8/c1-29(2)32(6)52-47(61)41(25-34-16-20-36(21-17-34)35-12-8-7-9-13-35)55-50(64)45(30(3)4)56-49(63)42(26-37-28-51-40-15-11-10-14-39(37)40)54-48(62)43(27-44(58)59)53-46(60)31(5)24-33-18-22-38(57)23-19-33/h7-23,28-32,41-43,45,51,57H,24-27H2,1-6H3,(H,52,61)(H,53,60)(H,54,62)(H,55,64)(H,56,63)(H,58,59)/t31-,32+,41-,42-,43-,45-/m0/s1. The van der Waals surface area contributed by atoms with Gasteiger partial charge in [0.05, 0.1) is 6.42 Å². The summed E-state index contributed by atoms with van der Waals surface area (Å²) < 4.78 is 0. The molecule has 64 heavy (non-hydrogen) atoms. The van der Waals surface area contributed by atoms with Crippen LogP contribution in [-0.4, -0.2) is 80.9 Å². The molecule has 5 amide bonds. The van der Waals surface area contributed by atoms with Crippen LogP contribution in [0.3, 0.4) is 0 Å². The fourth-order valence-corrected chi connectivity index (χ4v) is 7.23. The third-order valence-electron chi connectivity index (χ3n) is 11.4. The number of nitrogens with one attached hydrogen (secondary N) is 6. The molecule has 5 aromatic rings. The average Bonchev–Trinajstić information content (AvgIpc) is 3.68. The Hall–Kier alpha value is -6.96. The normalized spacial score (nSPS) is 14.1. The van der Waals surface area contributed by atoms with E-state index in [1.54, 1.807) is 39.1 Å². The zero-order chi connectivity index (χ0) is 46.5. The third-order valence-corrected chi connectivity index (χ3v) is 11.4. The Bertz CT molecular complexity index is 2380. The van der Waals surface area contributed by atoms with Crippen molar-refractivity contribution < 1.29 is 39.0 Å². The van der Waals surface area contributed by atoms with Gasteiger partial charge in [-0.1, -0.05) is 120 Å². The van der Waals surface area contributed by atoms with E-state index >= 15 is 0 Å². The highest BCUT2D eigenvalue weighted by atomic mass is 16.4. The number of H-pyrrole nitrogens is 1. The van der Waals surface area contributed by atoms with E-state index in [-0.39, 0.29) is 42.9 Å². The fourth-order valence-electron chi connectivity index (χ4n) is 7.23. The van der Waals surface area contributed by atoms with Gasteiger partial charge in [-0.15, -0.1) is 0 Å². The van der Waals surface area contributed by atoms with E-state index in [4.69, 9.17) is 0 Å². The molecule has 0 unspecified atom stereocenters. The minimum absolute atomic E-state index is 0.0594. The van der Waals surface area contributed by atoms with Gasteiger partial charge in [0.25, 0.3) is 0 Å². The number of carbonyl (C=O) groups is 6. The van der Waals surface area contributed by atoms with E-state index in [0.29, 0.717) is 5.56 Å². The first-order valence-corrected chi connectivity index (χ1v) is 21.7. The first-order chi connectivity index (χ1) is 30.5. The zero-order valence-electron chi connectivity index (χ0n) is 37.2. The van der Waals surface area contributed by atoms with Crippen LogP contribution in [0.25, 0.3) is 22.0 Å². The first kappa shape index (κ1) is 48.1. The van der Waals surface area contributed by atoms with Crippen LogP contribution in [0.5, 0.6) is 5.75 Å². The average molecular weight is 873 g/mol. The van der Waals surface area contributed by atoms with E-state index < -0.39 is 72.0 Å². The minimum atomic E-state index is -1.55. The van der Waals surface area contributed by atoms with Crippen LogP contribution in [0.2, 0.25) is 0 Å². The molecule has 6 atom stereocenters. The Labute approximate surface area is 374 Å². The number of phenolic OH excluding ortho intramolecular Hbond substituents is 1. The van der Waals surface area contributed by atoms with Crippen molar-refractivity contribution in [1.82, 2.24) is 31.6 Å². The number of aromatic hydroxyl groups is 1. The molecule has 0 aliphatic heterocycles. The molecule has 0 radical (unpaired) electrons. The number of para-hydroxylation sites is 1. The number of carbonyl (C=O) groups excluding carboxylic acids is 5. The second kappa shape index (κ2) is 22.4. The number of benzene rings is 4. The van der Waals surface area contributed by atoms with E-state index in [1.807, 2.05) is 99.6 Å². The molecule has 1 aromatic heterocycles. The molecule has 338 valence electrons. The number of fused-ring (bicyclic) bond motifs is 1. The van der Waals surface area contributed by atoms with Crippen molar-refractivity contribution in [2.24, 2.45) is 17.8 Å². The molecule has 0 saturated carbocycles. The molecule has 14 heteroatoms. The van der Waals surface area contributed by atoms with E-state index in [9.17, 15) is 39.0 Å². The number of amides is 5. The topological polar surface area (TPSA) is 219 Å². The molecule has 14 nitrogen and oxygen atoms in total. The second-order valence-electron chi connectivity index (χ2n) is 17.2. The van der Waals surface area contributed by atoms with Gasteiger partial charge in [-0.2, -0.15) is 0 Å². The first-order valence-electron chi connectivity index (χ1n) is 21.7. The summed E-state index contributed by atoms with van der Waals surface area (Å²) in [5.41, 5.74) is 5.03. The molecule has 4 aromatic carbocycles. The lowest BCUT2D eigenvalue weighted by Gasteiger charge is -2.29. The number of hydrogen-bond acceptors (Lipinski definition) is 7. The number of hydrogen-bond donors (Lipinski definition) is 8. The van der Waals surface area contributed by atoms with Gasteiger partial charge in [0.2, 0.25) is 29.5 Å². The number of aromatic amines is 1. The van der Waals surface area contributed by atoms with Gasteiger partial charge in [-0.25, -0.2) is 0 Å². The summed E-state index contributed by atoms with van der Waals surface area (Å²) in [5.74, 6) is -5.56. The number of carboxylic acid groups (broad SMARTS) is 1. The Morgan fingerprint density at radius 1 is 0.531 bits per heavy atom.